The van der Waals surface area contributed by atoms with Gasteiger partial charge in [0, 0.05) is 26.5 Å². The van der Waals surface area contributed by atoms with Crippen LogP contribution in [-0.4, -0.2) is 19.1 Å². The zero-order chi connectivity index (χ0) is 11.0. The number of hydrogen-bond acceptors (Lipinski definition) is 1. The van der Waals surface area contributed by atoms with Crippen molar-refractivity contribution >= 4 is 59.5 Å². The number of amides is 2. The lowest BCUT2D eigenvalue weighted by Crippen LogP contribution is -2.28. The van der Waals surface area contributed by atoms with E-state index in [-0.39, 0.29) is 6.03 Å². The first kappa shape index (κ1) is 11.4. The molecule has 0 aliphatic carbocycles. The quantitative estimate of drug-likeness (QED) is 0.771. The molecule has 1 fully saturated rings. The molecule has 1 aliphatic heterocycles. The highest BCUT2D eigenvalue weighted by Crippen LogP contribution is 2.37. The summed E-state index contributed by atoms with van der Waals surface area (Å²) in [5.41, 5.74) is 0.869. The predicted molar refractivity (Wildman–Crippen MR) is 70.3 cm³/mol. The van der Waals surface area contributed by atoms with Crippen LogP contribution in [0.25, 0.3) is 0 Å². The van der Waals surface area contributed by atoms with Crippen LogP contribution in [0.2, 0.25) is 0 Å². The monoisotopic (exact) mass is 396 g/mol. The number of halogens is 3. The summed E-state index contributed by atoms with van der Waals surface area (Å²) in [6.07, 6.45) is 0. The van der Waals surface area contributed by atoms with Gasteiger partial charge in [0.1, 0.15) is 0 Å². The second kappa shape index (κ2) is 4.43. The van der Waals surface area contributed by atoms with E-state index in [9.17, 15) is 4.79 Å². The summed E-state index contributed by atoms with van der Waals surface area (Å²) >= 11 is 10.3. The van der Waals surface area contributed by atoms with Gasteiger partial charge in [-0.15, -0.1) is 0 Å². The Bertz CT molecular complexity index is 399. The number of urea groups is 1. The first-order valence-electron chi connectivity index (χ1n) is 4.29. The van der Waals surface area contributed by atoms with Gasteiger partial charge < -0.3 is 5.32 Å². The minimum Gasteiger partial charge on any atom is -0.336 e. The highest BCUT2D eigenvalue weighted by molar-refractivity contribution is 9.11. The molecule has 1 heterocycles. The van der Waals surface area contributed by atoms with E-state index in [2.05, 4.69) is 53.1 Å². The van der Waals surface area contributed by atoms with Crippen LogP contribution < -0.4 is 10.2 Å². The second-order valence-corrected chi connectivity index (χ2v) is 5.73. The van der Waals surface area contributed by atoms with E-state index >= 15 is 0 Å². The van der Waals surface area contributed by atoms with Gasteiger partial charge in [0.2, 0.25) is 0 Å². The standard InChI is InChI=1S/C9H7Br3N2O/c10-5-3-6(11)8(7(12)4-5)14-2-1-13-9(14)15/h3-4H,1-2H2,(H,13,15). The van der Waals surface area contributed by atoms with Crippen molar-refractivity contribution in [1.82, 2.24) is 5.32 Å². The van der Waals surface area contributed by atoms with Crippen molar-refractivity contribution in [2.75, 3.05) is 18.0 Å². The highest BCUT2D eigenvalue weighted by Gasteiger charge is 2.25. The van der Waals surface area contributed by atoms with Gasteiger partial charge in [0.05, 0.1) is 5.69 Å². The molecule has 3 nitrogen and oxygen atoms in total. The van der Waals surface area contributed by atoms with E-state index in [0.717, 1.165) is 19.1 Å². The van der Waals surface area contributed by atoms with Crippen molar-refractivity contribution in [3.63, 3.8) is 0 Å². The minimum atomic E-state index is -0.0567. The number of rotatable bonds is 1. The summed E-state index contributed by atoms with van der Waals surface area (Å²) in [7, 11) is 0. The average Bonchev–Trinajstić information content (AvgIpc) is 2.50. The van der Waals surface area contributed by atoms with Crippen molar-refractivity contribution in [3.05, 3.63) is 25.6 Å². The zero-order valence-electron chi connectivity index (χ0n) is 7.56. The summed E-state index contributed by atoms with van der Waals surface area (Å²) in [4.78, 5) is 13.2. The number of hydrogen-bond donors (Lipinski definition) is 1. The molecule has 0 unspecified atom stereocenters. The van der Waals surface area contributed by atoms with Gasteiger partial charge in [-0.3, -0.25) is 4.90 Å². The van der Waals surface area contributed by atoms with E-state index in [4.69, 9.17) is 0 Å². The first-order chi connectivity index (χ1) is 7.09. The molecule has 80 valence electrons. The molecular formula is C9H7Br3N2O. The molecule has 0 bridgehead atoms. The van der Waals surface area contributed by atoms with E-state index in [1.165, 1.54) is 0 Å². The van der Waals surface area contributed by atoms with Crippen LogP contribution in [0.3, 0.4) is 0 Å². The Balaban J connectivity index is 2.47. The minimum absolute atomic E-state index is 0.0567. The third kappa shape index (κ3) is 2.21. The number of nitrogens with one attached hydrogen (secondary N) is 1. The maximum Gasteiger partial charge on any atom is 0.322 e. The van der Waals surface area contributed by atoms with Crippen LogP contribution in [0, 0.1) is 0 Å². The van der Waals surface area contributed by atoms with Crippen molar-refractivity contribution in [2.24, 2.45) is 0 Å². The fourth-order valence-corrected chi connectivity index (χ4v) is 4.16. The molecule has 6 heteroatoms. The topological polar surface area (TPSA) is 32.3 Å². The number of anilines is 1. The molecule has 1 aromatic rings. The van der Waals surface area contributed by atoms with Gasteiger partial charge in [0.25, 0.3) is 0 Å². The van der Waals surface area contributed by atoms with Crippen molar-refractivity contribution in [1.29, 1.82) is 0 Å². The number of benzene rings is 1. The first-order valence-corrected chi connectivity index (χ1v) is 6.67. The number of carbonyl (C=O) groups is 1. The number of carbonyl (C=O) groups excluding carboxylic acids is 1. The Labute approximate surface area is 113 Å². The molecule has 0 aromatic heterocycles. The predicted octanol–water partition coefficient (Wildman–Crippen LogP) is 3.50. The maximum absolute atomic E-state index is 11.5. The lowest BCUT2D eigenvalue weighted by molar-refractivity contribution is 0.252. The summed E-state index contributed by atoms with van der Waals surface area (Å²) in [6.45, 7) is 1.38. The van der Waals surface area contributed by atoms with E-state index < -0.39 is 0 Å². The summed E-state index contributed by atoms with van der Waals surface area (Å²) in [5, 5.41) is 2.77. The van der Waals surface area contributed by atoms with Crippen LogP contribution in [0.15, 0.2) is 25.6 Å². The Morgan fingerprint density at radius 2 is 1.80 bits per heavy atom. The van der Waals surface area contributed by atoms with Gasteiger partial charge in [0.15, 0.2) is 0 Å². The Morgan fingerprint density at radius 3 is 2.27 bits per heavy atom. The Morgan fingerprint density at radius 1 is 1.20 bits per heavy atom. The average molecular weight is 399 g/mol. The molecule has 1 aromatic carbocycles. The Kier molecular flexibility index (Phi) is 3.37. The molecule has 0 saturated carbocycles. The van der Waals surface area contributed by atoms with Gasteiger partial charge in [-0.2, -0.15) is 0 Å². The van der Waals surface area contributed by atoms with Crippen LogP contribution >= 0.6 is 47.8 Å². The van der Waals surface area contributed by atoms with Crippen molar-refractivity contribution in [2.45, 2.75) is 0 Å². The summed E-state index contributed by atoms with van der Waals surface area (Å²) in [6, 6.07) is 3.79. The molecular weight excluding hydrogens is 392 g/mol. The van der Waals surface area contributed by atoms with Crippen molar-refractivity contribution < 1.29 is 4.79 Å². The molecule has 15 heavy (non-hydrogen) atoms. The van der Waals surface area contributed by atoms with Crippen LogP contribution in [0.5, 0.6) is 0 Å². The molecule has 1 saturated heterocycles. The maximum atomic E-state index is 11.5. The number of nitrogens with zero attached hydrogens (tertiary/aromatic N) is 1. The molecule has 0 spiro atoms. The second-order valence-electron chi connectivity index (χ2n) is 3.10. The fraction of sp³-hybridized carbons (Fsp3) is 0.222. The normalized spacial score (nSPS) is 15.7. The van der Waals surface area contributed by atoms with E-state index in [0.29, 0.717) is 13.1 Å². The third-order valence-corrected chi connectivity index (χ3v) is 3.78. The van der Waals surface area contributed by atoms with Crippen LogP contribution in [0.1, 0.15) is 0 Å². The van der Waals surface area contributed by atoms with Gasteiger partial charge in [-0.25, -0.2) is 4.79 Å². The molecule has 0 radical (unpaired) electrons. The van der Waals surface area contributed by atoms with Crippen LogP contribution in [0.4, 0.5) is 10.5 Å². The van der Waals surface area contributed by atoms with E-state index in [1.807, 2.05) is 12.1 Å². The van der Waals surface area contributed by atoms with E-state index in [1.54, 1.807) is 4.90 Å². The van der Waals surface area contributed by atoms with Gasteiger partial charge >= 0.3 is 6.03 Å². The van der Waals surface area contributed by atoms with Gasteiger partial charge in [-0.05, 0) is 44.0 Å². The molecule has 1 N–H and O–H groups in total. The summed E-state index contributed by atoms with van der Waals surface area (Å²) < 4.78 is 2.74. The molecule has 1 aliphatic rings. The summed E-state index contributed by atoms with van der Waals surface area (Å²) in [5.74, 6) is 0. The SMILES string of the molecule is O=C1NCCN1c1c(Br)cc(Br)cc1Br. The zero-order valence-corrected chi connectivity index (χ0v) is 12.3. The Hall–Kier alpha value is -0.0700. The highest BCUT2D eigenvalue weighted by atomic mass is 79.9. The largest absolute Gasteiger partial charge is 0.336 e. The van der Waals surface area contributed by atoms with Crippen molar-refractivity contribution in [3.8, 4) is 0 Å². The van der Waals surface area contributed by atoms with Crippen LogP contribution in [-0.2, 0) is 0 Å². The lowest BCUT2D eigenvalue weighted by atomic mass is 10.3. The molecule has 2 amide bonds. The molecule has 0 atom stereocenters. The third-order valence-electron chi connectivity index (χ3n) is 2.11. The lowest BCUT2D eigenvalue weighted by Gasteiger charge is -2.18. The van der Waals surface area contributed by atoms with Gasteiger partial charge in [-0.1, -0.05) is 15.9 Å². The molecule has 2 rings (SSSR count). The smallest absolute Gasteiger partial charge is 0.322 e. The fourth-order valence-electron chi connectivity index (χ4n) is 1.48.